The number of hydrogen-bond donors (Lipinski definition) is 1. The topological polar surface area (TPSA) is 71.5 Å². The van der Waals surface area contributed by atoms with Crippen molar-refractivity contribution in [3.8, 4) is 11.4 Å². The predicted molar refractivity (Wildman–Crippen MR) is 94.1 cm³/mol. The summed E-state index contributed by atoms with van der Waals surface area (Å²) in [5, 5.41) is 0. The maximum Gasteiger partial charge on any atom is 0.270 e. The van der Waals surface area contributed by atoms with Gasteiger partial charge in [-0.3, -0.25) is 4.79 Å². The highest BCUT2D eigenvalue weighted by atomic mass is 19.3. The van der Waals surface area contributed by atoms with Crippen molar-refractivity contribution in [3.05, 3.63) is 75.7 Å². The quantitative estimate of drug-likeness (QED) is 0.772. The van der Waals surface area contributed by atoms with Crippen LogP contribution in [0, 0.1) is 6.92 Å². The molecule has 0 unspecified atom stereocenters. The van der Waals surface area contributed by atoms with Crippen LogP contribution in [0.5, 0.6) is 0 Å². The van der Waals surface area contributed by atoms with E-state index in [0.717, 1.165) is 12.5 Å². The van der Waals surface area contributed by atoms with Gasteiger partial charge in [0.15, 0.2) is 0 Å². The van der Waals surface area contributed by atoms with Crippen molar-refractivity contribution in [1.82, 2.24) is 19.9 Å². The van der Waals surface area contributed by atoms with Gasteiger partial charge in [-0.25, -0.2) is 23.7 Å². The Kier molecular flexibility index (Phi) is 4.63. The Bertz CT molecular complexity index is 978. The number of hydrogen-bond acceptors (Lipinski definition) is 4. The van der Waals surface area contributed by atoms with Gasteiger partial charge in [-0.05, 0) is 18.6 Å². The molecule has 0 fully saturated rings. The molecule has 1 N–H and O–H groups in total. The number of aryl methyl sites for hydroxylation is 1. The summed E-state index contributed by atoms with van der Waals surface area (Å²) in [5.41, 5.74) is 2.29. The van der Waals surface area contributed by atoms with Crippen molar-refractivity contribution in [1.29, 1.82) is 0 Å². The highest BCUT2D eigenvalue weighted by Crippen LogP contribution is 2.30. The first-order valence-electron chi connectivity index (χ1n) is 8.12. The molecule has 0 aliphatic carbocycles. The molecule has 7 heteroatoms. The fourth-order valence-electron chi connectivity index (χ4n) is 2.70. The van der Waals surface area contributed by atoms with E-state index >= 15 is 0 Å². The molecule has 0 bridgehead atoms. The number of alkyl halides is 2. The summed E-state index contributed by atoms with van der Waals surface area (Å²) in [4.78, 5) is 27.0. The molecule has 0 aliphatic heterocycles. The summed E-state index contributed by atoms with van der Waals surface area (Å²) < 4.78 is 26.7. The van der Waals surface area contributed by atoms with Crippen LogP contribution in [0.4, 0.5) is 8.78 Å². The summed E-state index contributed by atoms with van der Waals surface area (Å²) >= 11 is 0. The molecular weight excluding hydrogens is 338 g/mol. The van der Waals surface area contributed by atoms with Crippen LogP contribution < -0.4 is 5.56 Å². The lowest BCUT2D eigenvalue weighted by Crippen LogP contribution is -2.09. The summed E-state index contributed by atoms with van der Waals surface area (Å²) in [5.74, 6) is -2.50. The van der Waals surface area contributed by atoms with Gasteiger partial charge in [0.25, 0.3) is 11.5 Å². The first-order valence-corrected chi connectivity index (χ1v) is 8.12. The van der Waals surface area contributed by atoms with Crippen LogP contribution >= 0.6 is 0 Å². The second kappa shape index (κ2) is 6.74. The number of nitrogens with one attached hydrogen (secondary N) is 1. The van der Waals surface area contributed by atoms with Crippen molar-refractivity contribution < 1.29 is 8.78 Å². The molecule has 2 heterocycles. The Labute approximate surface area is 149 Å². The summed E-state index contributed by atoms with van der Waals surface area (Å²) in [6.07, 6.45) is 1.41. The first kappa shape index (κ1) is 17.8. The van der Waals surface area contributed by atoms with Crippen molar-refractivity contribution in [2.45, 2.75) is 32.6 Å². The maximum atomic E-state index is 13.4. The standard InChI is InChI=1S/C19H18F2N4O/c1-11(13-4-6-14(7-5-13)19(3,20)21)15-8-16(23-10-22-15)17-9-18(26)25-12(2)24-17/h4-11H,1-3H3,(H,24,25,26)/t11-/m0/s1. The number of aromatic nitrogens is 4. The normalized spacial score (nSPS) is 12.8. The van der Waals surface area contributed by atoms with E-state index < -0.39 is 5.92 Å². The van der Waals surface area contributed by atoms with Gasteiger partial charge >= 0.3 is 0 Å². The molecule has 0 amide bonds. The van der Waals surface area contributed by atoms with Crippen LogP contribution in [0.2, 0.25) is 0 Å². The predicted octanol–water partition coefficient (Wildman–Crippen LogP) is 3.80. The Morgan fingerprint density at radius 3 is 2.38 bits per heavy atom. The zero-order valence-corrected chi connectivity index (χ0v) is 14.6. The molecule has 1 atom stereocenters. The number of rotatable bonds is 4. The van der Waals surface area contributed by atoms with Crippen LogP contribution in [0.3, 0.4) is 0 Å². The number of halogens is 2. The third-order valence-corrected chi connectivity index (χ3v) is 4.17. The monoisotopic (exact) mass is 356 g/mol. The average Bonchev–Trinajstić information content (AvgIpc) is 2.60. The molecule has 0 saturated heterocycles. The fourth-order valence-corrected chi connectivity index (χ4v) is 2.70. The van der Waals surface area contributed by atoms with E-state index in [9.17, 15) is 13.6 Å². The van der Waals surface area contributed by atoms with E-state index in [1.54, 1.807) is 25.1 Å². The van der Waals surface area contributed by atoms with Crippen molar-refractivity contribution in [2.75, 3.05) is 0 Å². The minimum Gasteiger partial charge on any atom is -0.311 e. The van der Waals surface area contributed by atoms with E-state index in [-0.39, 0.29) is 17.0 Å². The molecule has 26 heavy (non-hydrogen) atoms. The third kappa shape index (κ3) is 3.82. The Hall–Kier alpha value is -2.96. The Morgan fingerprint density at radius 2 is 1.77 bits per heavy atom. The van der Waals surface area contributed by atoms with Gasteiger partial charge in [0.1, 0.15) is 12.2 Å². The second-order valence-corrected chi connectivity index (χ2v) is 6.28. The van der Waals surface area contributed by atoms with Gasteiger partial charge in [0, 0.05) is 24.5 Å². The molecule has 134 valence electrons. The van der Waals surface area contributed by atoms with Gasteiger partial charge in [-0.1, -0.05) is 31.2 Å². The molecule has 2 aromatic heterocycles. The molecule has 5 nitrogen and oxygen atoms in total. The SMILES string of the molecule is Cc1nc(-c2cc([C@@H](C)c3ccc(C(C)(F)F)cc3)ncn2)cc(=O)[nH]1. The summed E-state index contributed by atoms with van der Waals surface area (Å²) in [6, 6.07) is 9.34. The fraction of sp³-hybridized carbons (Fsp3) is 0.263. The van der Waals surface area contributed by atoms with E-state index in [1.807, 2.05) is 6.92 Å². The molecule has 3 aromatic rings. The smallest absolute Gasteiger partial charge is 0.270 e. The Morgan fingerprint density at radius 1 is 1.08 bits per heavy atom. The zero-order valence-electron chi connectivity index (χ0n) is 14.6. The molecule has 1 aromatic carbocycles. The number of aromatic amines is 1. The highest BCUT2D eigenvalue weighted by Gasteiger charge is 2.24. The highest BCUT2D eigenvalue weighted by molar-refractivity contribution is 5.54. The van der Waals surface area contributed by atoms with Gasteiger partial charge in [-0.15, -0.1) is 0 Å². The van der Waals surface area contributed by atoms with E-state index in [4.69, 9.17) is 0 Å². The maximum absolute atomic E-state index is 13.4. The number of H-pyrrole nitrogens is 1. The zero-order chi connectivity index (χ0) is 18.9. The van der Waals surface area contributed by atoms with Crippen LogP contribution in [-0.2, 0) is 5.92 Å². The van der Waals surface area contributed by atoms with Crippen LogP contribution in [0.15, 0.2) is 47.5 Å². The largest absolute Gasteiger partial charge is 0.311 e. The number of benzene rings is 1. The van der Waals surface area contributed by atoms with Crippen molar-refractivity contribution in [3.63, 3.8) is 0 Å². The summed E-state index contributed by atoms with van der Waals surface area (Å²) in [6.45, 7) is 4.50. The molecule has 0 saturated carbocycles. The van der Waals surface area contributed by atoms with Gasteiger partial charge in [0.2, 0.25) is 0 Å². The minimum atomic E-state index is -2.87. The molecule has 0 radical (unpaired) electrons. The number of nitrogens with zero attached hydrogens (tertiary/aromatic N) is 3. The van der Waals surface area contributed by atoms with Crippen LogP contribution in [-0.4, -0.2) is 19.9 Å². The van der Waals surface area contributed by atoms with E-state index in [0.29, 0.717) is 22.9 Å². The van der Waals surface area contributed by atoms with E-state index in [2.05, 4.69) is 19.9 Å². The molecular formula is C19H18F2N4O. The molecule has 0 aliphatic rings. The lowest BCUT2D eigenvalue weighted by Gasteiger charge is -2.15. The van der Waals surface area contributed by atoms with Crippen LogP contribution in [0.25, 0.3) is 11.4 Å². The van der Waals surface area contributed by atoms with E-state index in [1.165, 1.54) is 24.5 Å². The van der Waals surface area contributed by atoms with Crippen molar-refractivity contribution >= 4 is 0 Å². The summed E-state index contributed by atoms with van der Waals surface area (Å²) in [7, 11) is 0. The second-order valence-electron chi connectivity index (χ2n) is 6.28. The lowest BCUT2D eigenvalue weighted by atomic mass is 9.95. The molecule has 0 spiro atoms. The van der Waals surface area contributed by atoms with Crippen molar-refractivity contribution in [2.24, 2.45) is 0 Å². The average molecular weight is 356 g/mol. The first-order chi connectivity index (χ1) is 12.2. The van der Waals surface area contributed by atoms with Gasteiger partial charge in [0.05, 0.1) is 17.1 Å². The molecule has 3 rings (SSSR count). The minimum absolute atomic E-state index is 0.0278. The third-order valence-electron chi connectivity index (χ3n) is 4.17. The Balaban J connectivity index is 1.93. The van der Waals surface area contributed by atoms with Crippen LogP contribution in [0.1, 0.15) is 42.4 Å². The lowest BCUT2D eigenvalue weighted by molar-refractivity contribution is 0.0174. The van der Waals surface area contributed by atoms with Gasteiger partial charge in [-0.2, -0.15) is 0 Å². The van der Waals surface area contributed by atoms with Gasteiger partial charge < -0.3 is 4.98 Å².